The minimum absolute atomic E-state index is 0.315. The van der Waals surface area contributed by atoms with Crippen molar-refractivity contribution in [2.75, 3.05) is 0 Å². The molecule has 0 saturated heterocycles. The van der Waals surface area contributed by atoms with Crippen LogP contribution < -0.4 is 5.32 Å². The third kappa shape index (κ3) is 1.77. The van der Waals surface area contributed by atoms with E-state index < -0.39 is 24.0 Å². The van der Waals surface area contributed by atoms with Crippen molar-refractivity contribution in [3.8, 4) is 0 Å². The van der Waals surface area contributed by atoms with Gasteiger partial charge in [-0.3, -0.25) is 14.9 Å². The summed E-state index contributed by atoms with van der Waals surface area (Å²) in [4.78, 5) is 21.9. The molecule has 16 heavy (non-hydrogen) atoms. The third-order valence-electron chi connectivity index (χ3n) is 2.70. The van der Waals surface area contributed by atoms with Gasteiger partial charge in [-0.2, -0.15) is 0 Å². The Hall–Kier alpha value is -1.88. The normalized spacial score (nSPS) is 23.5. The van der Waals surface area contributed by atoms with E-state index in [0.29, 0.717) is 12.0 Å². The van der Waals surface area contributed by atoms with E-state index in [9.17, 15) is 9.59 Å². The number of fused-ring (bicyclic) bond motifs is 1. The van der Waals surface area contributed by atoms with E-state index in [2.05, 4.69) is 5.32 Å². The molecule has 2 atom stereocenters. The number of hydrogen-bond acceptors (Lipinski definition) is 3. The van der Waals surface area contributed by atoms with Crippen molar-refractivity contribution in [3.05, 3.63) is 35.4 Å². The van der Waals surface area contributed by atoms with Crippen molar-refractivity contribution in [2.45, 2.75) is 18.5 Å². The number of benzene rings is 1. The summed E-state index contributed by atoms with van der Waals surface area (Å²) in [6.07, 6.45) is 0.315. The lowest BCUT2D eigenvalue weighted by Crippen LogP contribution is -2.47. The number of carbonyl (C=O) groups is 2. The van der Waals surface area contributed by atoms with Crippen molar-refractivity contribution in [3.63, 3.8) is 0 Å². The first kappa shape index (κ1) is 10.6. The predicted molar refractivity (Wildman–Crippen MR) is 55.1 cm³/mol. The minimum atomic E-state index is -1.06. The predicted octanol–water partition coefficient (Wildman–Crippen LogP) is 0.411. The number of carboxylic acids is 2. The van der Waals surface area contributed by atoms with Crippen LogP contribution in [0, 0.1) is 0 Å². The highest BCUT2D eigenvalue weighted by Crippen LogP contribution is 2.25. The number of hydrogen-bond donors (Lipinski definition) is 3. The average molecular weight is 221 g/mol. The summed E-state index contributed by atoms with van der Waals surface area (Å²) in [6.45, 7) is 0. The maximum absolute atomic E-state index is 11.0. The fourth-order valence-corrected chi connectivity index (χ4v) is 1.93. The van der Waals surface area contributed by atoms with Crippen LogP contribution in [0.1, 0.15) is 17.2 Å². The maximum Gasteiger partial charge on any atom is 0.325 e. The quantitative estimate of drug-likeness (QED) is 0.673. The van der Waals surface area contributed by atoms with Crippen LogP contribution in [0.15, 0.2) is 24.3 Å². The van der Waals surface area contributed by atoms with E-state index in [1.165, 1.54) is 0 Å². The van der Waals surface area contributed by atoms with Crippen LogP contribution in [0.25, 0.3) is 0 Å². The lowest BCUT2D eigenvalue weighted by atomic mass is 9.90. The Morgan fingerprint density at radius 3 is 2.50 bits per heavy atom. The highest BCUT2D eigenvalue weighted by molar-refractivity contribution is 5.80. The van der Waals surface area contributed by atoms with Gasteiger partial charge in [-0.25, -0.2) is 0 Å². The van der Waals surface area contributed by atoms with Crippen LogP contribution in [-0.2, 0) is 16.0 Å². The standard InChI is InChI=1S/C11H11NO4/c13-10(14)8-5-6-3-1-2-4-7(6)9(12-8)11(15)16/h1-4,8-9,12H,5H2,(H,13,14)(H,15,16)/t8?,9-/m0/s1. The Bertz CT molecular complexity index is 443. The van der Waals surface area contributed by atoms with E-state index in [-0.39, 0.29) is 0 Å². The fraction of sp³-hybridized carbons (Fsp3) is 0.273. The van der Waals surface area contributed by atoms with Crippen LogP contribution in [0.5, 0.6) is 0 Å². The zero-order valence-corrected chi connectivity index (χ0v) is 8.38. The van der Waals surface area contributed by atoms with E-state index >= 15 is 0 Å². The molecule has 1 aliphatic heterocycles. The van der Waals surface area contributed by atoms with Gasteiger partial charge in [0.1, 0.15) is 12.1 Å². The first-order valence-electron chi connectivity index (χ1n) is 4.89. The van der Waals surface area contributed by atoms with Gasteiger partial charge in [0.25, 0.3) is 0 Å². The monoisotopic (exact) mass is 221 g/mol. The van der Waals surface area contributed by atoms with Gasteiger partial charge in [-0.15, -0.1) is 0 Å². The zero-order chi connectivity index (χ0) is 11.7. The summed E-state index contributed by atoms with van der Waals surface area (Å²) in [5.74, 6) is -2.08. The molecule has 5 nitrogen and oxygen atoms in total. The van der Waals surface area contributed by atoms with Crippen molar-refractivity contribution < 1.29 is 19.8 Å². The lowest BCUT2D eigenvalue weighted by Gasteiger charge is -2.28. The van der Waals surface area contributed by atoms with Gasteiger partial charge in [0, 0.05) is 0 Å². The van der Waals surface area contributed by atoms with E-state index in [1.807, 2.05) is 0 Å². The van der Waals surface area contributed by atoms with Crippen molar-refractivity contribution >= 4 is 11.9 Å². The molecule has 5 heteroatoms. The summed E-state index contributed by atoms with van der Waals surface area (Å²) in [5.41, 5.74) is 1.42. The van der Waals surface area contributed by atoms with E-state index in [0.717, 1.165) is 5.56 Å². The summed E-state index contributed by atoms with van der Waals surface area (Å²) in [7, 11) is 0. The molecule has 84 valence electrons. The van der Waals surface area contributed by atoms with Gasteiger partial charge in [-0.1, -0.05) is 24.3 Å². The Labute approximate surface area is 91.7 Å². The molecule has 0 bridgehead atoms. The summed E-state index contributed by atoms with van der Waals surface area (Å²) < 4.78 is 0. The molecule has 0 aliphatic carbocycles. The fourth-order valence-electron chi connectivity index (χ4n) is 1.93. The Kier molecular flexibility index (Phi) is 2.62. The Balaban J connectivity index is 2.41. The van der Waals surface area contributed by atoms with Gasteiger partial charge in [0.15, 0.2) is 0 Å². The minimum Gasteiger partial charge on any atom is -0.480 e. The zero-order valence-electron chi connectivity index (χ0n) is 8.38. The van der Waals surface area contributed by atoms with E-state index in [1.54, 1.807) is 24.3 Å². The lowest BCUT2D eigenvalue weighted by molar-refractivity contribution is -0.143. The largest absolute Gasteiger partial charge is 0.480 e. The number of rotatable bonds is 2. The topological polar surface area (TPSA) is 86.6 Å². The van der Waals surface area contributed by atoms with Crippen LogP contribution in [0.2, 0.25) is 0 Å². The molecule has 3 N–H and O–H groups in total. The maximum atomic E-state index is 11.0. The molecule has 1 unspecified atom stereocenters. The second-order valence-electron chi connectivity index (χ2n) is 3.73. The smallest absolute Gasteiger partial charge is 0.325 e. The molecule has 0 fully saturated rings. The third-order valence-corrected chi connectivity index (χ3v) is 2.70. The molecule has 1 heterocycles. The second kappa shape index (κ2) is 3.94. The molecular formula is C11H11NO4. The molecule has 2 rings (SSSR count). The van der Waals surface area contributed by atoms with Crippen LogP contribution in [-0.4, -0.2) is 28.2 Å². The summed E-state index contributed by atoms with van der Waals surface area (Å²) >= 11 is 0. The Morgan fingerprint density at radius 2 is 1.88 bits per heavy atom. The van der Waals surface area contributed by atoms with Crippen molar-refractivity contribution in [1.29, 1.82) is 0 Å². The number of nitrogens with one attached hydrogen (secondary N) is 1. The summed E-state index contributed by atoms with van der Waals surface area (Å²) in [6, 6.07) is 5.22. The molecule has 0 aromatic heterocycles. The molecule has 1 aliphatic rings. The van der Waals surface area contributed by atoms with E-state index in [4.69, 9.17) is 10.2 Å². The Morgan fingerprint density at radius 1 is 1.19 bits per heavy atom. The van der Waals surface area contributed by atoms with Crippen LogP contribution in [0.3, 0.4) is 0 Å². The highest BCUT2D eigenvalue weighted by atomic mass is 16.4. The first-order chi connectivity index (χ1) is 7.59. The van der Waals surface area contributed by atoms with Crippen LogP contribution >= 0.6 is 0 Å². The SMILES string of the molecule is O=C(O)C1Cc2ccccc2[C@@H](C(=O)O)N1. The second-order valence-corrected chi connectivity index (χ2v) is 3.73. The number of aliphatic carboxylic acids is 2. The van der Waals surface area contributed by atoms with Gasteiger partial charge < -0.3 is 10.2 Å². The van der Waals surface area contributed by atoms with Crippen molar-refractivity contribution in [2.24, 2.45) is 0 Å². The summed E-state index contributed by atoms with van der Waals surface area (Å²) in [5, 5.41) is 20.5. The van der Waals surface area contributed by atoms with Gasteiger partial charge in [-0.05, 0) is 17.5 Å². The molecule has 1 aromatic rings. The highest BCUT2D eigenvalue weighted by Gasteiger charge is 2.33. The van der Waals surface area contributed by atoms with Gasteiger partial charge in [0.05, 0.1) is 0 Å². The van der Waals surface area contributed by atoms with Crippen molar-refractivity contribution in [1.82, 2.24) is 5.32 Å². The molecule has 0 radical (unpaired) electrons. The molecular weight excluding hydrogens is 210 g/mol. The molecule has 0 spiro atoms. The average Bonchev–Trinajstić information content (AvgIpc) is 2.27. The number of carboxylic acid groups (broad SMARTS) is 2. The molecule has 0 saturated carbocycles. The van der Waals surface area contributed by atoms with Crippen LogP contribution in [0.4, 0.5) is 0 Å². The molecule has 1 aromatic carbocycles. The first-order valence-corrected chi connectivity index (χ1v) is 4.89. The van der Waals surface area contributed by atoms with Gasteiger partial charge in [0.2, 0.25) is 0 Å². The van der Waals surface area contributed by atoms with Gasteiger partial charge >= 0.3 is 11.9 Å². The molecule has 0 amide bonds.